The predicted molar refractivity (Wildman–Crippen MR) is 82.1 cm³/mol. The molecule has 0 aromatic carbocycles. The van der Waals surface area contributed by atoms with Crippen molar-refractivity contribution in [3.8, 4) is 0 Å². The molecule has 1 aromatic heterocycles. The Morgan fingerprint density at radius 1 is 1.45 bits per heavy atom. The van der Waals surface area contributed by atoms with Gasteiger partial charge < -0.3 is 0 Å². The Labute approximate surface area is 126 Å². The first-order valence-corrected chi connectivity index (χ1v) is 8.00. The van der Waals surface area contributed by atoms with E-state index < -0.39 is 0 Å². The molecule has 0 N–H and O–H groups in total. The molecule has 20 heavy (non-hydrogen) atoms. The second-order valence-electron chi connectivity index (χ2n) is 6.69. The SMILES string of the molecule is CCCn1ncc(Cl)c1C(C)(C)C1CCC(C)CC1=O. The Balaban J connectivity index is 2.34. The maximum Gasteiger partial charge on any atom is 0.137 e. The van der Waals surface area contributed by atoms with Crippen LogP contribution in [0.1, 0.15) is 59.1 Å². The summed E-state index contributed by atoms with van der Waals surface area (Å²) in [4.78, 5) is 12.5. The first-order chi connectivity index (χ1) is 9.37. The lowest BCUT2D eigenvalue weighted by Gasteiger charge is -2.38. The molecule has 0 saturated heterocycles. The average Bonchev–Trinajstić information content (AvgIpc) is 2.71. The van der Waals surface area contributed by atoms with Crippen LogP contribution in [0, 0.1) is 11.8 Å². The van der Waals surface area contributed by atoms with Gasteiger partial charge in [-0.1, -0.05) is 39.3 Å². The van der Waals surface area contributed by atoms with Gasteiger partial charge in [0.05, 0.1) is 16.9 Å². The van der Waals surface area contributed by atoms with Crippen LogP contribution in [0.15, 0.2) is 6.20 Å². The molecule has 1 aliphatic carbocycles. The monoisotopic (exact) mass is 296 g/mol. The lowest BCUT2D eigenvalue weighted by Crippen LogP contribution is -2.40. The van der Waals surface area contributed by atoms with E-state index in [1.165, 1.54) is 0 Å². The molecule has 4 heteroatoms. The number of aromatic nitrogens is 2. The fourth-order valence-electron chi connectivity index (χ4n) is 3.51. The Morgan fingerprint density at radius 2 is 2.15 bits per heavy atom. The molecule has 0 bridgehead atoms. The van der Waals surface area contributed by atoms with Crippen LogP contribution in [0.5, 0.6) is 0 Å². The third-order valence-electron chi connectivity index (χ3n) is 4.60. The number of carbonyl (C=O) groups excluding carboxylic acids is 1. The Hall–Kier alpha value is -0.830. The maximum absolute atomic E-state index is 12.5. The summed E-state index contributed by atoms with van der Waals surface area (Å²) in [6.07, 6.45) is 5.51. The number of hydrogen-bond donors (Lipinski definition) is 0. The molecule has 1 heterocycles. The van der Waals surface area contributed by atoms with Crippen LogP contribution >= 0.6 is 11.6 Å². The molecule has 2 atom stereocenters. The average molecular weight is 297 g/mol. The molecule has 1 aliphatic rings. The highest BCUT2D eigenvalue weighted by molar-refractivity contribution is 6.31. The van der Waals surface area contributed by atoms with Crippen molar-refractivity contribution in [2.45, 2.75) is 65.3 Å². The summed E-state index contributed by atoms with van der Waals surface area (Å²) in [7, 11) is 0. The molecule has 1 fully saturated rings. The highest BCUT2D eigenvalue weighted by Gasteiger charge is 2.42. The molecule has 0 spiro atoms. The van der Waals surface area contributed by atoms with E-state index in [4.69, 9.17) is 11.6 Å². The highest BCUT2D eigenvalue weighted by Crippen LogP contribution is 2.42. The number of Topliss-reactive ketones (excluding diaryl/α,β-unsaturated/α-hetero) is 1. The van der Waals surface area contributed by atoms with Gasteiger partial charge in [-0.2, -0.15) is 5.10 Å². The summed E-state index contributed by atoms with van der Waals surface area (Å²) in [5.74, 6) is 0.961. The van der Waals surface area contributed by atoms with Crippen molar-refractivity contribution in [2.75, 3.05) is 0 Å². The number of nitrogens with zero attached hydrogens (tertiary/aromatic N) is 2. The van der Waals surface area contributed by atoms with Crippen LogP contribution in [0.4, 0.5) is 0 Å². The predicted octanol–water partition coefficient (Wildman–Crippen LogP) is 4.23. The van der Waals surface area contributed by atoms with E-state index in [1.807, 2.05) is 4.68 Å². The van der Waals surface area contributed by atoms with Crippen molar-refractivity contribution in [1.29, 1.82) is 0 Å². The topological polar surface area (TPSA) is 34.9 Å². The van der Waals surface area contributed by atoms with Gasteiger partial charge in [0.15, 0.2) is 0 Å². The van der Waals surface area contributed by atoms with Gasteiger partial charge in [0, 0.05) is 24.3 Å². The van der Waals surface area contributed by atoms with Gasteiger partial charge in [-0.15, -0.1) is 0 Å². The fourth-order valence-corrected chi connectivity index (χ4v) is 3.90. The number of rotatable bonds is 4. The van der Waals surface area contributed by atoms with E-state index in [1.54, 1.807) is 6.20 Å². The van der Waals surface area contributed by atoms with Crippen LogP contribution < -0.4 is 0 Å². The first-order valence-electron chi connectivity index (χ1n) is 7.62. The third-order valence-corrected chi connectivity index (χ3v) is 4.87. The Morgan fingerprint density at radius 3 is 2.75 bits per heavy atom. The van der Waals surface area contributed by atoms with Gasteiger partial charge >= 0.3 is 0 Å². The quantitative estimate of drug-likeness (QED) is 0.833. The lowest BCUT2D eigenvalue weighted by atomic mass is 9.67. The molecule has 1 aromatic rings. The molecular weight excluding hydrogens is 272 g/mol. The Kier molecular flexibility index (Phi) is 4.58. The van der Waals surface area contributed by atoms with Crippen molar-refractivity contribution in [3.05, 3.63) is 16.9 Å². The molecular formula is C16H25ClN2O. The van der Waals surface area contributed by atoms with E-state index in [2.05, 4.69) is 32.8 Å². The summed E-state index contributed by atoms with van der Waals surface area (Å²) >= 11 is 6.37. The van der Waals surface area contributed by atoms with Crippen molar-refractivity contribution in [3.63, 3.8) is 0 Å². The van der Waals surface area contributed by atoms with Crippen molar-refractivity contribution < 1.29 is 4.79 Å². The van der Waals surface area contributed by atoms with Gasteiger partial charge in [0.25, 0.3) is 0 Å². The summed E-state index contributed by atoms with van der Waals surface area (Å²) in [6, 6.07) is 0. The molecule has 0 amide bonds. The summed E-state index contributed by atoms with van der Waals surface area (Å²) in [5, 5.41) is 5.07. The molecule has 1 saturated carbocycles. The van der Waals surface area contributed by atoms with Crippen LogP contribution in [0.3, 0.4) is 0 Å². The standard InChI is InChI=1S/C16H25ClN2O/c1-5-8-19-15(13(17)10-18-19)16(3,4)12-7-6-11(2)9-14(12)20/h10-12H,5-9H2,1-4H3. The van der Waals surface area contributed by atoms with Crippen molar-refractivity contribution in [1.82, 2.24) is 9.78 Å². The third kappa shape index (κ3) is 2.78. The summed E-state index contributed by atoms with van der Waals surface area (Å²) < 4.78 is 1.98. The highest BCUT2D eigenvalue weighted by atomic mass is 35.5. The Bertz CT molecular complexity index is 493. The number of hydrogen-bond acceptors (Lipinski definition) is 2. The maximum atomic E-state index is 12.5. The second kappa shape index (κ2) is 5.88. The van der Waals surface area contributed by atoms with E-state index in [-0.39, 0.29) is 11.3 Å². The minimum absolute atomic E-state index is 0.0588. The van der Waals surface area contributed by atoms with E-state index >= 15 is 0 Å². The fraction of sp³-hybridized carbons (Fsp3) is 0.750. The number of ketones is 1. The van der Waals surface area contributed by atoms with Gasteiger partial charge in [-0.05, 0) is 25.2 Å². The molecule has 2 unspecified atom stereocenters. The molecule has 3 nitrogen and oxygen atoms in total. The second-order valence-corrected chi connectivity index (χ2v) is 7.10. The van der Waals surface area contributed by atoms with E-state index in [9.17, 15) is 4.79 Å². The number of aryl methyl sites for hydroxylation is 1. The van der Waals surface area contributed by atoms with Gasteiger partial charge in [0.1, 0.15) is 5.78 Å². The number of halogens is 1. The number of carbonyl (C=O) groups is 1. The van der Waals surface area contributed by atoms with Gasteiger partial charge in [0.2, 0.25) is 0 Å². The van der Waals surface area contributed by atoms with E-state index in [0.717, 1.165) is 31.5 Å². The van der Waals surface area contributed by atoms with Gasteiger partial charge in [-0.3, -0.25) is 9.48 Å². The van der Waals surface area contributed by atoms with Crippen molar-refractivity contribution in [2.24, 2.45) is 11.8 Å². The van der Waals surface area contributed by atoms with E-state index in [0.29, 0.717) is 23.1 Å². The van der Waals surface area contributed by atoms with Crippen LogP contribution in [0.2, 0.25) is 5.02 Å². The minimum Gasteiger partial charge on any atom is -0.299 e. The summed E-state index contributed by atoms with van der Waals surface area (Å²) in [5.41, 5.74) is 0.772. The summed E-state index contributed by atoms with van der Waals surface area (Å²) in [6.45, 7) is 9.42. The molecule has 112 valence electrons. The van der Waals surface area contributed by atoms with Gasteiger partial charge in [-0.25, -0.2) is 0 Å². The molecule has 2 rings (SSSR count). The van der Waals surface area contributed by atoms with Crippen LogP contribution in [0.25, 0.3) is 0 Å². The zero-order valence-corrected chi connectivity index (χ0v) is 13.7. The lowest BCUT2D eigenvalue weighted by molar-refractivity contribution is -0.128. The van der Waals surface area contributed by atoms with Crippen molar-refractivity contribution >= 4 is 17.4 Å². The van der Waals surface area contributed by atoms with Crippen LogP contribution in [-0.4, -0.2) is 15.6 Å². The zero-order chi connectivity index (χ0) is 14.9. The normalized spacial score (nSPS) is 24.1. The molecule has 0 radical (unpaired) electrons. The molecule has 0 aliphatic heterocycles. The smallest absolute Gasteiger partial charge is 0.137 e. The first kappa shape index (κ1) is 15.6. The minimum atomic E-state index is -0.250. The van der Waals surface area contributed by atoms with Crippen LogP contribution in [-0.2, 0) is 16.8 Å². The zero-order valence-electron chi connectivity index (χ0n) is 12.9. The largest absolute Gasteiger partial charge is 0.299 e.